The minimum Gasteiger partial charge on any atom is -0.349 e. The van der Waals surface area contributed by atoms with Gasteiger partial charge in [-0.05, 0) is 61.7 Å². The van der Waals surface area contributed by atoms with Crippen LogP contribution in [0.1, 0.15) is 44.7 Å². The van der Waals surface area contributed by atoms with Crippen molar-refractivity contribution in [3.8, 4) is 11.3 Å². The summed E-state index contributed by atoms with van der Waals surface area (Å²) in [7, 11) is 0. The van der Waals surface area contributed by atoms with E-state index in [1.807, 2.05) is 0 Å². The Morgan fingerprint density at radius 1 is 1.03 bits per heavy atom. The van der Waals surface area contributed by atoms with Crippen LogP contribution in [0, 0.1) is 18.6 Å². The molecule has 1 aromatic heterocycles. The van der Waals surface area contributed by atoms with E-state index in [2.05, 4.69) is 15.6 Å². The number of aromatic nitrogens is 1. The summed E-state index contributed by atoms with van der Waals surface area (Å²) < 4.78 is 28.3. The minimum atomic E-state index is -0.505. The molecule has 0 spiro atoms. The van der Waals surface area contributed by atoms with Crippen molar-refractivity contribution >= 4 is 23.4 Å². The Morgan fingerprint density at radius 3 is 2.47 bits per heavy atom. The van der Waals surface area contributed by atoms with Crippen molar-refractivity contribution in [3.63, 3.8) is 0 Å². The first kappa shape index (κ1) is 21.9. The normalized spacial score (nSPS) is 13.0. The average Bonchev–Trinajstić information content (AvgIpc) is 3.59. The van der Waals surface area contributed by atoms with Crippen LogP contribution in [0.25, 0.3) is 11.3 Å². The summed E-state index contributed by atoms with van der Waals surface area (Å²) in [6.07, 6.45) is 3.22. The molecule has 0 radical (unpaired) electrons. The van der Waals surface area contributed by atoms with Crippen molar-refractivity contribution in [2.45, 2.75) is 32.4 Å². The summed E-state index contributed by atoms with van der Waals surface area (Å²) in [5.41, 5.74) is 2.06. The minimum absolute atomic E-state index is 0.00788. The first-order chi connectivity index (χ1) is 15.3. The molecule has 2 aromatic carbocycles. The van der Waals surface area contributed by atoms with E-state index in [4.69, 9.17) is 11.6 Å². The summed E-state index contributed by atoms with van der Waals surface area (Å²) in [5, 5.41) is 5.75. The van der Waals surface area contributed by atoms with E-state index in [1.165, 1.54) is 24.4 Å². The van der Waals surface area contributed by atoms with Crippen LogP contribution in [0.4, 0.5) is 8.78 Å². The topological polar surface area (TPSA) is 71.1 Å². The Labute approximate surface area is 188 Å². The van der Waals surface area contributed by atoms with E-state index < -0.39 is 17.5 Å². The van der Waals surface area contributed by atoms with Crippen LogP contribution in [-0.2, 0) is 6.54 Å². The smallest absolute Gasteiger partial charge is 0.253 e. The van der Waals surface area contributed by atoms with Crippen LogP contribution < -0.4 is 10.6 Å². The first-order valence-corrected chi connectivity index (χ1v) is 10.5. The van der Waals surface area contributed by atoms with Gasteiger partial charge in [-0.2, -0.15) is 0 Å². The number of hydrogen-bond donors (Lipinski definition) is 2. The van der Waals surface area contributed by atoms with Crippen molar-refractivity contribution < 1.29 is 18.4 Å². The molecule has 4 rings (SSSR count). The highest BCUT2D eigenvalue weighted by Crippen LogP contribution is 2.27. The van der Waals surface area contributed by atoms with Crippen LogP contribution in [0.5, 0.6) is 0 Å². The highest BCUT2D eigenvalue weighted by atomic mass is 35.5. The van der Waals surface area contributed by atoms with Gasteiger partial charge in [0, 0.05) is 40.5 Å². The number of halogens is 3. The zero-order valence-electron chi connectivity index (χ0n) is 17.2. The van der Waals surface area contributed by atoms with Gasteiger partial charge in [0.15, 0.2) is 0 Å². The lowest BCUT2D eigenvalue weighted by molar-refractivity contribution is 0.0942. The van der Waals surface area contributed by atoms with E-state index >= 15 is 0 Å². The number of nitrogens with one attached hydrogen (secondary N) is 2. The van der Waals surface area contributed by atoms with E-state index in [0.717, 1.165) is 12.8 Å². The standard InChI is InChI=1S/C24H20ClF2N3O2/c1-13-19(8-16(9-20(13)26)24(32)30-18-5-6-18)22-7-3-15(12-28-22)23(31)29-11-14-2-4-17(25)10-21(14)27/h2-4,7-10,12,18H,5-6,11H2,1H3,(H,29,31)(H,30,32). The SMILES string of the molecule is Cc1c(F)cc(C(=O)NC2CC2)cc1-c1ccc(C(=O)NCc2ccc(Cl)cc2F)cn1. The van der Waals surface area contributed by atoms with Gasteiger partial charge in [0.1, 0.15) is 11.6 Å². The largest absolute Gasteiger partial charge is 0.349 e. The third kappa shape index (κ3) is 4.94. The Hall–Kier alpha value is -3.32. The lowest BCUT2D eigenvalue weighted by Gasteiger charge is -2.11. The summed E-state index contributed by atoms with van der Waals surface area (Å²) in [4.78, 5) is 29.0. The maximum absolute atomic E-state index is 14.5. The summed E-state index contributed by atoms with van der Waals surface area (Å²) in [6.45, 7) is 1.60. The molecule has 0 saturated heterocycles. The van der Waals surface area contributed by atoms with Crippen LogP contribution >= 0.6 is 11.6 Å². The molecule has 1 saturated carbocycles. The van der Waals surface area contributed by atoms with Crippen molar-refractivity contribution in [2.24, 2.45) is 0 Å². The summed E-state index contributed by atoms with van der Waals surface area (Å²) >= 11 is 5.73. The van der Waals surface area contributed by atoms with Gasteiger partial charge >= 0.3 is 0 Å². The van der Waals surface area contributed by atoms with Crippen molar-refractivity contribution in [3.05, 3.63) is 87.6 Å². The average molecular weight is 456 g/mol. The molecule has 2 N–H and O–H groups in total. The molecule has 1 aliphatic carbocycles. The number of carbonyl (C=O) groups is 2. The number of nitrogens with zero attached hydrogens (tertiary/aromatic N) is 1. The molecule has 1 heterocycles. The second kappa shape index (κ2) is 9.04. The molecule has 0 bridgehead atoms. The first-order valence-electron chi connectivity index (χ1n) is 10.1. The van der Waals surface area contributed by atoms with Gasteiger partial charge in [-0.25, -0.2) is 8.78 Å². The molecule has 1 fully saturated rings. The third-order valence-corrected chi connectivity index (χ3v) is 5.51. The van der Waals surface area contributed by atoms with E-state index in [9.17, 15) is 18.4 Å². The van der Waals surface area contributed by atoms with E-state index in [-0.39, 0.29) is 34.6 Å². The molecule has 8 heteroatoms. The van der Waals surface area contributed by atoms with Crippen LogP contribution in [0.15, 0.2) is 48.7 Å². The second-order valence-electron chi connectivity index (χ2n) is 7.73. The fourth-order valence-corrected chi connectivity index (χ4v) is 3.36. The highest BCUT2D eigenvalue weighted by molar-refractivity contribution is 6.30. The summed E-state index contributed by atoms with van der Waals surface area (Å²) in [6, 6.07) is 10.3. The van der Waals surface area contributed by atoms with Crippen molar-refractivity contribution in [2.75, 3.05) is 0 Å². The van der Waals surface area contributed by atoms with E-state index in [0.29, 0.717) is 22.4 Å². The second-order valence-corrected chi connectivity index (χ2v) is 8.17. The molecule has 0 unspecified atom stereocenters. The van der Waals surface area contributed by atoms with Gasteiger partial charge < -0.3 is 10.6 Å². The quantitative estimate of drug-likeness (QED) is 0.560. The molecule has 164 valence electrons. The molecule has 0 aliphatic heterocycles. The molecule has 32 heavy (non-hydrogen) atoms. The number of amides is 2. The molecule has 3 aromatic rings. The fraction of sp³-hybridized carbons (Fsp3) is 0.208. The molecular formula is C24H20ClF2N3O2. The molecular weight excluding hydrogens is 436 g/mol. The molecule has 2 amide bonds. The lowest BCUT2D eigenvalue weighted by Crippen LogP contribution is -2.25. The van der Waals surface area contributed by atoms with Gasteiger partial charge in [0.05, 0.1) is 11.3 Å². The van der Waals surface area contributed by atoms with Gasteiger partial charge in [-0.1, -0.05) is 17.7 Å². The molecule has 5 nitrogen and oxygen atoms in total. The number of pyridine rings is 1. The number of benzene rings is 2. The van der Waals surface area contributed by atoms with Gasteiger partial charge in [-0.3, -0.25) is 14.6 Å². The predicted molar refractivity (Wildman–Crippen MR) is 117 cm³/mol. The van der Waals surface area contributed by atoms with Gasteiger partial charge in [0.2, 0.25) is 0 Å². The predicted octanol–water partition coefficient (Wildman–Crippen LogP) is 4.81. The lowest BCUT2D eigenvalue weighted by atomic mass is 10.00. The molecule has 1 aliphatic rings. The van der Waals surface area contributed by atoms with Gasteiger partial charge in [-0.15, -0.1) is 0 Å². The van der Waals surface area contributed by atoms with Crippen molar-refractivity contribution in [1.82, 2.24) is 15.6 Å². The van der Waals surface area contributed by atoms with Crippen LogP contribution in [-0.4, -0.2) is 22.8 Å². The maximum atomic E-state index is 14.5. The van der Waals surface area contributed by atoms with Crippen LogP contribution in [0.2, 0.25) is 5.02 Å². The molecule has 0 atom stereocenters. The summed E-state index contributed by atoms with van der Waals surface area (Å²) in [5.74, 6) is -1.76. The third-order valence-electron chi connectivity index (χ3n) is 5.28. The highest BCUT2D eigenvalue weighted by Gasteiger charge is 2.24. The number of carbonyl (C=O) groups excluding carboxylic acids is 2. The Balaban J connectivity index is 1.49. The fourth-order valence-electron chi connectivity index (χ4n) is 3.20. The number of rotatable bonds is 6. The van der Waals surface area contributed by atoms with Crippen LogP contribution in [0.3, 0.4) is 0 Å². The Kier molecular flexibility index (Phi) is 6.19. The Morgan fingerprint density at radius 2 is 1.81 bits per heavy atom. The van der Waals surface area contributed by atoms with Crippen molar-refractivity contribution in [1.29, 1.82) is 0 Å². The monoisotopic (exact) mass is 455 g/mol. The van der Waals surface area contributed by atoms with E-state index in [1.54, 1.807) is 31.2 Å². The van der Waals surface area contributed by atoms with Gasteiger partial charge in [0.25, 0.3) is 11.8 Å². The number of hydrogen-bond acceptors (Lipinski definition) is 3. The Bertz CT molecular complexity index is 1190. The maximum Gasteiger partial charge on any atom is 0.253 e. The zero-order chi connectivity index (χ0) is 22.8. The zero-order valence-corrected chi connectivity index (χ0v) is 18.0.